The summed E-state index contributed by atoms with van der Waals surface area (Å²) in [4.78, 5) is 13.7. The number of amides is 1. The Bertz CT molecular complexity index is 704. The molecule has 0 aromatic heterocycles. The quantitative estimate of drug-likeness (QED) is 0.837. The van der Waals surface area contributed by atoms with E-state index in [1.807, 2.05) is 36.4 Å². The van der Waals surface area contributed by atoms with Crippen molar-refractivity contribution in [2.75, 3.05) is 11.5 Å². The Labute approximate surface area is 116 Å². The zero-order valence-corrected chi connectivity index (χ0v) is 10.7. The molecule has 0 aliphatic carbocycles. The molecule has 0 N–H and O–H groups in total. The number of fused-ring (bicyclic) bond motifs is 1. The van der Waals surface area contributed by atoms with Crippen molar-refractivity contribution in [1.82, 2.24) is 0 Å². The number of ether oxygens (including phenoxy) is 1. The van der Waals surface area contributed by atoms with E-state index < -0.39 is 0 Å². The normalized spacial score (nSPS) is 13.3. The fraction of sp³-hybridized carbons (Fsp3) is 0.125. The number of nitrogens with zero attached hydrogens (tertiary/aromatic N) is 2. The molecule has 20 heavy (non-hydrogen) atoms. The lowest BCUT2D eigenvalue weighted by Gasteiger charge is -2.29. The number of hydrogen-bond acceptors (Lipinski definition) is 3. The molecule has 0 spiro atoms. The molecule has 0 saturated heterocycles. The van der Waals surface area contributed by atoms with Crippen LogP contribution in [0.5, 0.6) is 5.75 Å². The molecule has 2 aromatic carbocycles. The zero-order valence-electron chi connectivity index (χ0n) is 10.7. The van der Waals surface area contributed by atoms with Crippen molar-refractivity contribution in [3.05, 3.63) is 59.7 Å². The predicted octanol–water partition coefficient (Wildman–Crippen LogP) is 2.48. The molecule has 3 rings (SSSR count). The van der Waals surface area contributed by atoms with E-state index in [4.69, 9.17) is 10.00 Å². The number of carbonyl (C=O) groups is 1. The molecular formula is C16H12N2O2. The van der Waals surface area contributed by atoms with Crippen molar-refractivity contribution in [3.8, 4) is 11.8 Å². The smallest absolute Gasteiger partial charge is 0.265 e. The van der Waals surface area contributed by atoms with E-state index in [1.54, 1.807) is 17.0 Å². The predicted molar refractivity (Wildman–Crippen MR) is 74.3 cm³/mol. The number of hydrogen-bond donors (Lipinski definition) is 0. The van der Waals surface area contributed by atoms with Gasteiger partial charge in [-0.2, -0.15) is 5.26 Å². The van der Waals surface area contributed by atoms with Crippen LogP contribution in [0, 0.1) is 11.3 Å². The fourth-order valence-corrected chi connectivity index (χ4v) is 2.25. The Kier molecular flexibility index (Phi) is 3.10. The maximum atomic E-state index is 12.1. The van der Waals surface area contributed by atoms with E-state index in [-0.39, 0.29) is 12.5 Å². The highest BCUT2D eigenvalue weighted by atomic mass is 16.5. The SMILES string of the molecule is N#Cc1cccc(CN2C(=O)COc3ccccc32)c1. The molecule has 0 fully saturated rings. The Morgan fingerprint density at radius 1 is 1.20 bits per heavy atom. The van der Waals surface area contributed by atoms with Crippen molar-refractivity contribution in [2.45, 2.75) is 6.54 Å². The van der Waals surface area contributed by atoms with Crippen molar-refractivity contribution in [3.63, 3.8) is 0 Å². The van der Waals surface area contributed by atoms with Crippen LogP contribution < -0.4 is 9.64 Å². The van der Waals surface area contributed by atoms with Gasteiger partial charge in [0.15, 0.2) is 6.61 Å². The topological polar surface area (TPSA) is 53.3 Å². The first-order valence-electron chi connectivity index (χ1n) is 6.29. The molecule has 0 unspecified atom stereocenters. The number of nitriles is 1. The van der Waals surface area contributed by atoms with Crippen LogP contribution in [-0.4, -0.2) is 12.5 Å². The van der Waals surface area contributed by atoms with Gasteiger partial charge in [0.05, 0.1) is 23.9 Å². The summed E-state index contributed by atoms with van der Waals surface area (Å²) in [5.74, 6) is 0.634. The number of carbonyl (C=O) groups excluding carboxylic acids is 1. The molecule has 0 saturated carbocycles. The summed E-state index contributed by atoms with van der Waals surface area (Å²) in [6.07, 6.45) is 0. The highest BCUT2D eigenvalue weighted by molar-refractivity contribution is 5.97. The average Bonchev–Trinajstić information content (AvgIpc) is 2.50. The third kappa shape index (κ3) is 2.21. The van der Waals surface area contributed by atoms with Gasteiger partial charge in [0.1, 0.15) is 5.75 Å². The second-order valence-electron chi connectivity index (χ2n) is 4.55. The summed E-state index contributed by atoms with van der Waals surface area (Å²) >= 11 is 0. The standard InChI is InChI=1S/C16H12N2O2/c17-9-12-4-3-5-13(8-12)10-18-14-6-1-2-7-15(14)20-11-16(18)19/h1-8H,10-11H2. The summed E-state index contributed by atoms with van der Waals surface area (Å²) in [7, 11) is 0. The Morgan fingerprint density at radius 2 is 2.05 bits per heavy atom. The van der Waals surface area contributed by atoms with Gasteiger partial charge in [-0.1, -0.05) is 24.3 Å². The average molecular weight is 264 g/mol. The second kappa shape index (κ2) is 5.06. The first-order valence-corrected chi connectivity index (χ1v) is 6.29. The summed E-state index contributed by atoms with van der Waals surface area (Å²) in [6, 6.07) is 16.8. The Hall–Kier alpha value is -2.80. The van der Waals surface area contributed by atoms with E-state index in [2.05, 4.69) is 6.07 Å². The molecule has 1 amide bonds. The number of rotatable bonds is 2. The van der Waals surface area contributed by atoms with E-state index in [0.717, 1.165) is 11.3 Å². The van der Waals surface area contributed by atoms with E-state index in [9.17, 15) is 4.79 Å². The molecule has 1 aliphatic rings. The largest absolute Gasteiger partial charge is 0.482 e. The van der Waals surface area contributed by atoms with E-state index >= 15 is 0 Å². The van der Waals surface area contributed by atoms with Gasteiger partial charge in [0.25, 0.3) is 5.91 Å². The van der Waals surface area contributed by atoms with Crippen molar-refractivity contribution < 1.29 is 9.53 Å². The van der Waals surface area contributed by atoms with Crippen LogP contribution in [0.4, 0.5) is 5.69 Å². The minimum absolute atomic E-state index is 0.0505. The van der Waals surface area contributed by atoms with Crippen LogP contribution in [0.25, 0.3) is 0 Å². The van der Waals surface area contributed by atoms with Gasteiger partial charge in [0.2, 0.25) is 0 Å². The van der Waals surface area contributed by atoms with Gasteiger partial charge < -0.3 is 9.64 Å². The molecule has 2 aromatic rings. The lowest BCUT2D eigenvalue weighted by Crippen LogP contribution is -2.38. The molecule has 1 aliphatic heterocycles. The van der Waals surface area contributed by atoms with Gasteiger partial charge in [-0.3, -0.25) is 4.79 Å². The third-order valence-electron chi connectivity index (χ3n) is 3.21. The molecule has 0 atom stereocenters. The molecule has 0 bridgehead atoms. The third-order valence-corrected chi connectivity index (χ3v) is 3.21. The highest BCUT2D eigenvalue weighted by Gasteiger charge is 2.25. The molecule has 98 valence electrons. The molecular weight excluding hydrogens is 252 g/mol. The molecule has 0 radical (unpaired) electrons. The van der Waals surface area contributed by atoms with Crippen LogP contribution >= 0.6 is 0 Å². The zero-order chi connectivity index (χ0) is 13.9. The number of anilines is 1. The Morgan fingerprint density at radius 3 is 2.90 bits per heavy atom. The molecule has 4 heteroatoms. The van der Waals surface area contributed by atoms with Crippen LogP contribution in [0.1, 0.15) is 11.1 Å². The second-order valence-corrected chi connectivity index (χ2v) is 4.55. The Balaban J connectivity index is 1.94. The van der Waals surface area contributed by atoms with Gasteiger partial charge in [-0.15, -0.1) is 0 Å². The number of para-hydroxylation sites is 2. The van der Waals surface area contributed by atoms with Crippen LogP contribution in [-0.2, 0) is 11.3 Å². The first-order chi connectivity index (χ1) is 9.78. The monoisotopic (exact) mass is 264 g/mol. The summed E-state index contributed by atoms with van der Waals surface area (Å²) in [6.45, 7) is 0.490. The van der Waals surface area contributed by atoms with Crippen LogP contribution in [0.3, 0.4) is 0 Å². The summed E-state index contributed by atoms with van der Waals surface area (Å²) in [5, 5.41) is 8.93. The van der Waals surface area contributed by atoms with Gasteiger partial charge in [-0.05, 0) is 29.8 Å². The van der Waals surface area contributed by atoms with Gasteiger partial charge >= 0.3 is 0 Å². The summed E-state index contributed by atoms with van der Waals surface area (Å²) < 4.78 is 5.41. The number of benzene rings is 2. The van der Waals surface area contributed by atoms with Gasteiger partial charge in [0, 0.05) is 0 Å². The maximum absolute atomic E-state index is 12.1. The summed E-state index contributed by atoms with van der Waals surface area (Å²) in [5.41, 5.74) is 2.29. The maximum Gasteiger partial charge on any atom is 0.265 e. The van der Waals surface area contributed by atoms with Crippen LogP contribution in [0.2, 0.25) is 0 Å². The molecule has 4 nitrogen and oxygen atoms in total. The first kappa shape index (κ1) is 12.2. The lowest BCUT2D eigenvalue weighted by molar-refractivity contribution is -0.121. The van der Waals surface area contributed by atoms with Crippen LogP contribution in [0.15, 0.2) is 48.5 Å². The minimum atomic E-state index is -0.0777. The van der Waals surface area contributed by atoms with Crippen molar-refractivity contribution in [2.24, 2.45) is 0 Å². The van der Waals surface area contributed by atoms with E-state index in [0.29, 0.717) is 17.9 Å². The van der Waals surface area contributed by atoms with Crippen molar-refractivity contribution in [1.29, 1.82) is 5.26 Å². The minimum Gasteiger partial charge on any atom is -0.482 e. The fourth-order valence-electron chi connectivity index (χ4n) is 2.25. The van der Waals surface area contributed by atoms with Gasteiger partial charge in [-0.25, -0.2) is 0 Å². The highest BCUT2D eigenvalue weighted by Crippen LogP contribution is 2.32. The molecule has 1 heterocycles. The van der Waals surface area contributed by atoms with Crippen molar-refractivity contribution >= 4 is 11.6 Å². The van der Waals surface area contributed by atoms with E-state index in [1.165, 1.54) is 0 Å². The lowest BCUT2D eigenvalue weighted by atomic mass is 10.1.